The fourth-order valence-electron chi connectivity index (χ4n) is 0. The molecule has 0 unspecified atom stereocenters. The average molecular weight is 404 g/mol. The van der Waals surface area contributed by atoms with E-state index in [0.29, 0.717) is 0 Å². The Morgan fingerprint density at radius 3 is 1.38 bits per heavy atom. The smallest absolute Gasteiger partial charge is 0.380 e. The molecule has 0 bridgehead atoms. The summed E-state index contributed by atoms with van der Waals surface area (Å²) in [5, 5.41) is 0. The van der Waals surface area contributed by atoms with Crippen LogP contribution >= 0.6 is 60.5 Å². The van der Waals surface area contributed by atoms with Gasteiger partial charge in [0.1, 0.15) is 0 Å². The minimum atomic E-state index is -0.456. The normalized spacial score (nSPS) is 14.2. The van der Waals surface area contributed by atoms with E-state index in [1.807, 2.05) is 0 Å². The van der Waals surface area contributed by atoms with Crippen LogP contribution < -0.4 is 0 Å². The Morgan fingerprint density at radius 1 is 1.25 bits per heavy atom. The minimum Gasteiger partial charge on any atom is -0.496 e. The highest BCUT2D eigenvalue weighted by Gasteiger charge is 2.28. The quantitative estimate of drug-likeness (QED) is 0.466. The van der Waals surface area contributed by atoms with Gasteiger partial charge in [-0.25, -0.2) is 60.5 Å². The summed E-state index contributed by atoms with van der Waals surface area (Å²) in [6.07, 6.45) is 0. The van der Waals surface area contributed by atoms with Crippen LogP contribution in [0.3, 0.4) is 0 Å². The lowest BCUT2D eigenvalue weighted by molar-refractivity contribution is -0.754. The summed E-state index contributed by atoms with van der Waals surface area (Å²) < 4.78 is 0.518. The molecule has 0 rings (SSSR count). The lowest BCUT2D eigenvalue weighted by Gasteiger charge is -2.42. The maximum atomic E-state index is 3.61. The number of nitrogens with zero attached hydrogens (tertiary/aromatic N) is 1. The highest BCUT2D eigenvalue weighted by atomic mass is 127. The van der Waals surface area contributed by atoms with Crippen molar-refractivity contribution in [1.82, 2.24) is 0 Å². The monoisotopic (exact) mass is 403 g/mol. The zero-order chi connectivity index (χ0) is 7.00. The largest absolute Gasteiger partial charge is 0.496 e. The maximum Gasteiger partial charge on any atom is 0.380 e. The zero-order valence-electron chi connectivity index (χ0n) is 5.16. The molecule has 0 N–H and O–H groups in total. The summed E-state index contributed by atoms with van der Waals surface area (Å²) in [6.45, 7) is 0. The predicted molar refractivity (Wildman–Crippen MR) is 60.8 cm³/mol. The zero-order valence-corrected chi connectivity index (χ0v) is 11.1. The van der Waals surface area contributed by atoms with Crippen LogP contribution in [0.15, 0.2) is 0 Å². The molecule has 0 atom stereocenters. The van der Waals surface area contributed by atoms with Crippen LogP contribution in [0.2, 0.25) is 0 Å². The van der Waals surface area contributed by atoms with Crippen LogP contribution in [-0.2, 0) is 0 Å². The number of hydrogen-bond donors (Lipinski definition) is 0. The van der Waals surface area contributed by atoms with Gasteiger partial charge in [0.2, 0.25) is 0 Å². The van der Waals surface area contributed by atoms with Gasteiger partial charge in [-0.3, -0.25) is 0 Å². The first-order valence-electron chi connectivity index (χ1n) is 2.25. The average Bonchev–Trinajstić information content (AvgIpc) is 1.25. The molecule has 0 aliphatic carbocycles. The van der Waals surface area contributed by atoms with Crippen molar-refractivity contribution in [3.05, 3.63) is 0 Å². The first-order chi connectivity index (χ1) is 3.25. The first-order valence-corrected chi connectivity index (χ1v) is 5.66. The first kappa shape index (κ1) is 9.96. The van der Waals surface area contributed by atoms with Gasteiger partial charge in [0, 0.05) is 21.1 Å². The van der Waals surface area contributed by atoms with Crippen LogP contribution in [0, 0.1) is 0 Å². The second-order valence-corrected chi connectivity index (χ2v) is 13.4. The lowest BCUT2D eigenvalue weighted by atomic mass is 10.3. The third-order valence-corrected chi connectivity index (χ3v) is 5.45. The Kier molecular flexibility index (Phi) is 3.63. The van der Waals surface area contributed by atoms with Gasteiger partial charge in [-0.1, -0.05) is 0 Å². The van der Waals surface area contributed by atoms with Crippen molar-refractivity contribution in [1.29, 1.82) is 0 Å². The van der Waals surface area contributed by atoms with E-state index in [4.69, 9.17) is 0 Å². The summed E-state index contributed by atoms with van der Waals surface area (Å²) in [4.78, 5) is 0. The van der Waals surface area contributed by atoms with Gasteiger partial charge in [-0.2, -0.15) is 0 Å². The summed E-state index contributed by atoms with van der Waals surface area (Å²) in [7, 11) is 6.52. The van der Waals surface area contributed by atoms with E-state index in [1.165, 1.54) is 0 Å². The van der Waals surface area contributed by atoms with E-state index in [1.54, 1.807) is 0 Å². The number of hydrogen-bond acceptors (Lipinski definition) is 0. The molecule has 0 aliphatic heterocycles. The number of halogens is 3. The van der Waals surface area contributed by atoms with Crippen LogP contribution in [0.5, 0.6) is 0 Å². The summed E-state index contributed by atoms with van der Waals surface area (Å²) in [6, 6.07) is 0. The molecule has 0 aliphatic rings. The SMILES string of the molecule is C[N+](C)(C)[B-](Br)(I)I. The highest BCUT2D eigenvalue weighted by molar-refractivity contribution is 14.3. The molecule has 8 heavy (non-hydrogen) atoms. The topological polar surface area (TPSA) is 0 Å². The van der Waals surface area contributed by atoms with Gasteiger partial charge >= 0.3 is 0.818 Å². The molecular weight excluding hydrogens is 395 g/mol. The Morgan fingerprint density at radius 2 is 1.38 bits per heavy atom. The molecule has 0 spiro atoms. The van der Waals surface area contributed by atoms with E-state index < -0.39 is 0.818 Å². The van der Waals surface area contributed by atoms with Gasteiger partial charge in [0.15, 0.2) is 0 Å². The van der Waals surface area contributed by atoms with Gasteiger partial charge in [0.25, 0.3) is 0 Å². The van der Waals surface area contributed by atoms with Crippen molar-refractivity contribution >= 4 is 61.3 Å². The van der Waals surface area contributed by atoms with E-state index in [9.17, 15) is 0 Å². The highest BCUT2D eigenvalue weighted by Crippen LogP contribution is 2.34. The molecule has 0 saturated carbocycles. The molecule has 0 radical (unpaired) electrons. The summed E-state index contributed by atoms with van der Waals surface area (Å²) >= 11 is 8.45. The third kappa shape index (κ3) is 3.21. The second-order valence-electron chi connectivity index (χ2n) is 2.66. The molecule has 0 fully saturated rings. The van der Waals surface area contributed by atoms with E-state index in [-0.39, 0.29) is 0 Å². The fourth-order valence-corrected chi connectivity index (χ4v) is 0. The van der Waals surface area contributed by atoms with Crippen LogP contribution in [0.4, 0.5) is 0 Å². The van der Waals surface area contributed by atoms with E-state index >= 15 is 0 Å². The molecule has 5 heteroatoms. The lowest BCUT2D eigenvalue weighted by Crippen LogP contribution is -2.48. The Balaban J connectivity index is 4.02. The molecule has 0 aromatic rings. The molecule has 0 saturated heterocycles. The van der Waals surface area contributed by atoms with Gasteiger partial charge in [-0.05, 0) is 0 Å². The van der Waals surface area contributed by atoms with Crippen molar-refractivity contribution in [2.24, 2.45) is 0 Å². The van der Waals surface area contributed by atoms with Crippen LogP contribution in [0.25, 0.3) is 0 Å². The van der Waals surface area contributed by atoms with Gasteiger partial charge < -0.3 is 4.39 Å². The summed E-state index contributed by atoms with van der Waals surface area (Å²) in [5.74, 6) is 0. The maximum absolute atomic E-state index is 3.61. The Bertz CT molecular complexity index is 72.3. The summed E-state index contributed by atoms with van der Waals surface area (Å²) in [5.41, 5.74) is 0. The van der Waals surface area contributed by atoms with Crippen molar-refractivity contribution < 1.29 is 4.39 Å². The Labute approximate surface area is 85.8 Å². The van der Waals surface area contributed by atoms with Gasteiger partial charge in [0.05, 0.1) is 0 Å². The molecule has 0 aromatic heterocycles. The van der Waals surface area contributed by atoms with Crippen LogP contribution in [-0.4, -0.2) is 26.4 Å². The van der Waals surface area contributed by atoms with Crippen LogP contribution in [0.1, 0.15) is 0 Å². The van der Waals surface area contributed by atoms with Crippen molar-refractivity contribution in [3.8, 4) is 0 Å². The molecule has 0 amide bonds. The Hall–Kier alpha value is 1.96. The minimum absolute atomic E-state index is 0.456. The molecule has 50 valence electrons. The molecule has 0 heterocycles. The van der Waals surface area contributed by atoms with E-state index in [0.717, 1.165) is 4.39 Å². The number of quaternary nitrogens is 1. The third-order valence-electron chi connectivity index (χ3n) is 0.878. The van der Waals surface area contributed by atoms with Crippen molar-refractivity contribution in [2.75, 3.05) is 21.1 Å². The fraction of sp³-hybridized carbons (Fsp3) is 1.00. The van der Waals surface area contributed by atoms with Crippen molar-refractivity contribution in [3.63, 3.8) is 0 Å². The molecular formula is C3H9BBrI2N. The van der Waals surface area contributed by atoms with Crippen molar-refractivity contribution in [2.45, 2.75) is 0 Å². The van der Waals surface area contributed by atoms with Gasteiger partial charge in [-0.15, -0.1) is 0 Å². The molecule has 1 nitrogen and oxygen atoms in total. The predicted octanol–water partition coefficient (Wildman–Crippen LogP) is 2.39. The number of rotatable bonds is 1. The second kappa shape index (κ2) is 2.92. The standard InChI is InChI=1S/C3H9BBrI2N/c1-8(2,3)4(5,6)7/h1-3H3. The van der Waals surface area contributed by atoms with E-state index in [2.05, 4.69) is 81.6 Å². The molecule has 0 aromatic carbocycles.